The summed E-state index contributed by atoms with van der Waals surface area (Å²) in [6, 6.07) is 5.89. The molecule has 1 fully saturated rings. The standard InChI is InChI=1S/C15H20BrClO/c1-10-5-11(2)8-15(18,7-10)9-12-3-4-13(16)6-14(12)17/h3-4,6,10-11,18H,5,7-9H2,1-2H3. The average molecular weight is 332 g/mol. The SMILES string of the molecule is CC1CC(C)CC(O)(Cc2ccc(Br)cc2Cl)C1. The Morgan fingerprint density at radius 3 is 2.50 bits per heavy atom. The minimum absolute atomic E-state index is 0.589. The largest absolute Gasteiger partial charge is 0.390 e. The fourth-order valence-corrected chi connectivity index (χ4v) is 4.14. The molecule has 1 N–H and O–H groups in total. The van der Waals surface area contributed by atoms with Gasteiger partial charge in [-0.2, -0.15) is 0 Å². The highest BCUT2D eigenvalue weighted by Gasteiger charge is 2.36. The highest BCUT2D eigenvalue weighted by Crippen LogP contribution is 2.39. The predicted molar refractivity (Wildman–Crippen MR) is 80.0 cm³/mol. The van der Waals surface area contributed by atoms with Gasteiger partial charge in [0, 0.05) is 15.9 Å². The molecule has 2 rings (SSSR count). The molecule has 0 spiro atoms. The minimum Gasteiger partial charge on any atom is -0.390 e. The normalized spacial score (nSPS) is 32.5. The second-order valence-electron chi connectivity index (χ2n) is 5.99. The van der Waals surface area contributed by atoms with Crippen LogP contribution in [0.5, 0.6) is 0 Å². The Hall–Kier alpha value is -0.0500. The average Bonchev–Trinajstić information content (AvgIpc) is 2.20. The Morgan fingerprint density at radius 1 is 1.33 bits per heavy atom. The zero-order chi connectivity index (χ0) is 13.3. The van der Waals surface area contributed by atoms with E-state index in [1.54, 1.807) is 0 Å². The van der Waals surface area contributed by atoms with Gasteiger partial charge in [-0.1, -0.05) is 47.4 Å². The Morgan fingerprint density at radius 2 is 1.94 bits per heavy atom. The maximum atomic E-state index is 10.8. The summed E-state index contributed by atoms with van der Waals surface area (Å²) in [5, 5.41) is 11.5. The molecule has 100 valence electrons. The van der Waals surface area contributed by atoms with E-state index in [0.717, 1.165) is 27.9 Å². The van der Waals surface area contributed by atoms with E-state index in [0.29, 0.717) is 18.3 Å². The van der Waals surface area contributed by atoms with Crippen LogP contribution in [0, 0.1) is 11.8 Å². The summed E-state index contributed by atoms with van der Waals surface area (Å²) >= 11 is 9.65. The van der Waals surface area contributed by atoms with E-state index in [-0.39, 0.29) is 0 Å². The van der Waals surface area contributed by atoms with Crippen LogP contribution in [0.2, 0.25) is 5.02 Å². The molecule has 0 radical (unpaired) electrons. The van der Waals surface area contributed by atoms with Crippen molar-refractivity contribution in [1.82, 2.24) is 0 Å². The molecule has 1 aliphatic carbocycles. The van der Waals surface area contributed by atoms with E-state index in [2.05, 4.69) is 29.8 Å². The van der Waals surface area contributed by atoms with Crippen LogP contribution in [-0.4, -0.2) is 10.7 Å². The lowest BCUT2D eigenvalue weighted by atomic mass is 9.71. The summed E-state index contributed by atoms with van der Waals surface area (Å²) in [6.45, 7) is 4.45. The summed E-state index contributed by atoms with van der Waals surface area (Å²) in [6.07, 6.45) is 3.64. The Balaban J connectivity index is 2.16. The molecular weight excluding hydrogens is 312 g/mol. The van der Waals surface area contributed by atoms with Gasteiger partial charge in [0.1, 0.15) is 0 Å². The first kappa shape index (κ1) is 14.4. The second-order valence-corrected chi connectivity index (χ2v) is 7.31. The third-order valence-corrected chi connectivity index (χ3v) is 4.64. The van der Waals surface area contributed by atoms with Gasteiger partial charge in [0.05, 0.1) is 5.60 Å². The van der Waals surface area contributed by atoms with Crippen LogP contribution in [-0.2, 0) is 6.42 Å². The lowest BCUT2D eigenvalue weighted by Gasteiger charge is -2.39. The van der Waals surface area contributed by atoms with Crippen molar-refractivity contribution >= 4 is 27.5 Å². The van der Waals surface area contributed by atoms with E-state index in [4.69, 9.17) is 11.6 Å². The summed E-state index contributed by atoms with van der Waals surface area (Å²) < 4.78 is 0.980. The lowest BCUT2D eigenvalue weighted by molar-refractivity contribution is -0.0304. The van der Waals surface area contributed by atoms with Crippen LogP contribution in [0.1, 0.15) is 38.7 Å². The van der Waals surface area contributed by atoms with Crippen molar-refractivity contribution in [2.75, 3.05) is 0 Å². The van der Waals surface area contributed by atoms with Crippen LogP contribution in [0.4, 0.5) is 0 Å². The number of hydrogen-bond acceptors (Lipinski definition) is 1. The smallest absolute Gasteiger partial charge is 0.0693 e. The quantitative estimate of drug-likeness (QED) is 0.822. The molecule has 0 saturated heterocycles. The van der Waals surface area contributed by atoms with E-state index in [1.165, 1.54) is 6.42 Å². The van der Waals surface area contributed by atoms with Gasteiger partial charge < -0.3 is 5.11 Å². The molecular formula is C15H20BrClO. The van der Waals surface area contributed by atoms with E-state index < -0.39 is 5.60 Å². The molecule has 18 heavy (non-hydrogen) atoms. The van der Waals surface area contributed by atoms with Crippen molar-refractivity contribution in [2.45, 2.75) is 45.1 Å². The van der Waals surface area contributed by atoms with Crippen LogP contribution in [0.3, 0.4) is 0 Å². The van der Waals surface area contributed by atoms with Crippen LogP contribution < -0.4 is 0 Å². The predicted octanol–water partition coefficient (Wildman–Crippen LogP) is 4.83. The fraction of sp³-hybridized carbons (Fsp3) is 0.600. The molecule has 1 aromatic rings. The minimum atomic E-state index is -0.589. The van der Waals surface area contributed by atoms with Gasteiger partial charge in [-0.05, 0) is 48.8 Å². The van der Waals surface area contributed by atoms with Crippen molar-refractivity contribution in [3.05, 3.63) is 33.3 Å². The van der Waals surface area contributed by atoms with Gasteiger partial charge in [-0.3, -0.25) is 0 Å². The molecule has 0 heterocycles. The van der Waals surface area contributed by atoms with Crippen molar-refractivity contribution in [3.8, 4) is 0 Å². The van der Waals surface area contributed by atoms with Gasteiger partial charge in [0.25, 0.3) is 0 Å². The van der Waals surface area contributed by atoms with Gasteiger partial charge in [0.15, 0.2) is 0 Å². The van der Waals surface area contributed by atoms with Crippen LogP contribution in [0.15, 0.2) is 22.7 Å². The molecule has 3 heteroatoms. The molecule has 2 unspecified atom stereocenters. The molecule has 0 amide bonds. The zero-order valence-corrected chi connectivity index (χ0v) is 13.3. The van der Waals surface area contributed by atoms with Crippen molar-refractivity contribution in [2.24, 2.45) is 11.8 Å². The van der Waals surface area contributed by atoms with Gasteiger partial charge >= 0.3 is 0 Å². The second kappa shape index (κ2) is 5.52. The molecule has 1 aliphatic rings. The number of rotatable bonds is 2. The molecule has 1 saturated carbocycles. The maximum Gasteiger partial charge on any atom is 0.0693 e. The van der Waals surface area contributed by atoms with Crippen molar-refractivity contribution in [1.29, 1.82) is 0 Å². The zero-order valence-electron chi connectivity index (χ0n) is 10.9. The highest BCUT2D eigenvalue weighted by molar-refractivity contribution is 9.10. The third-order valence-electron chi connectivity index (χ3n) is 3.80. The number of aliphatic hydroxyl groups is 1. The summed E-state index contributed by atoms with van der Waals surface area (Å²) in [7, 11) is 0. The van der Waals surface area contributed by atoms with Crippen LogP contribution >= 0.6 is 27.5 Å². The Labute approximate surface area is 123 Å². The number of benzene rings is 1. The van der Waals surface area contributed by atoms with E-state index in [9.17, 15) is 5.11 Å². The first-order valence-electron chi connectivity index (χ1n) is 6.54. The van der Waals surface area contributed by atoms with Gasteiger partial charge in [-0.25, -0.2) is 0 Å². The number of hydrogen-bond donors (Lipinski definition) is 1. The van der Waals surface area contributed by atoms with E-state index >= 15 is 0 Å². The Bertz CT molecular complexity index is 423. The first-order chi connectivity index (χ1) is 8.38. The molecule has 0 aliphatic heterocycles. The molecule has 1 nitrogen and oxygen atoms in total. The number of halogens is 2. The molecule has 2 atom stereocenters. The maximum absolute atomic E-state index is 10.8. The van der Waals surface area contributed by atoms with Crippen molar-refractivity contribution < 1.29 is 5.11 Å². The topological polar surface area (TPSA) is 20.2 Å². The molecule has 0 bridgehead atoms. The van der Waals surface area contributed by atoms with Gasteiger partial charge in [-0.15, -0.1) is 0 Å². The summed E-state index contributed by atoms with van der Waals surface area (Å²) in [5.74, 6) is 1.18. The lowest BCUT2D eigenvalue weighted by Crippen LogP contribution is -2.39. The first-order valence-corrected chi connectivity index (χ1v) is 7.71. The summed E-state index contributed by atoms with van der Waals surface area (Å²) in [5.41, 5.74) is 0.456. The van der Waals surface area contributed by atoms with Gasteiger partial charge in [0.2, 0.25) is 0 Å². The van der Waals surface area contributed by atoms with Crippen LogP contribution in [0.25, 0.3) is 0 Å². The summed E-state index contributed by atoms with van der Waals surface area (Å²) in [4.78, 5) is 0. The Kier molecular flexibility index (Phi) is 4.40. The van der Waals surface area contributed by atoms with E-state index in [1.807, 2.05) is 18.2 Å². The molecule has 1 aromatic carbocycles. The monoisotopic (exact) mass is 330 g/mol. The fourth-order valence-electron chi connectivity index (χ4n) is 3.40. The van der Waals surface area contributed by atoms with Crippen molar-refractivity contribution in [3.63, 3.8) is 0 Å². The highest BCUT2D eigenvalue weighted by atomic mass is 79.9. The third kappa shape index (κ3) is 3.49. The molecule has 0 aromatic heterocycles.